The molecule has 4 nitrogen and oxygen atoms in total. The van der Waals surface area contributed by atoms with E-state index in [1.165, 1.54) is 0 Å². The van der Waals surface area contributed by atoms with Crippen LogP contribution in [-0.2, 0) is 5.41 Å². The number of rotatable bonds is 2. The molecule has 1 aliphatic carbocycles. The van der Waals surface area contributed by atoms with Crippen molar-refractivity contribution in [2.45, 2.75) is 31.2 Å². The van der Waals surface area contributed by atoms with Crippen molar-refractivity contribution in [2.24, 2.45) is 5.73 Å². The van der Waals surface area contributed by atoms with Gasteiger partial charge in [-0.3, -0.25) is 0 Å². The lowest BCUT2D eigenvalue weighted by Crippen LogP contribution is -2.31. The van der Waals surface area contributed by atoms with Crippen molar-refractivity contribution in [2.75, 3.05) is 6.79 Å². The largest absolute Gasteiger partial charge is 0.506 e. The van der Waals surface area contributed by atoms with E-state index >= 15 is 0 Å². The molecule has 5 heteroatoms. The zero-order valence-corrected chi connectivity index (χ0v) is 11.1. The first-order valence-corrected chi connectivity index (χ1v) is 6.43. The predicted molar refractivity (Wildman–Crippen MR) is 66.5 cm³/mol. The Morgan fingerprint density at radius 1 is 1.47 bits per heavy atom. The molecule has 1 aromatic rings. The van der Waals surface area contributed by atoms with Gasteiger partial charge in [0, 0.05) is 17.0 Å². The maximum atomic E-state index is 10.2. The van der Waals surface area contributed by atoms with Crippen molar-refractivity contribution in [3.05, 3.63) is 16.1 Å². The third kappa shape index (κ3) is 1.45. The lowest BCUT2D eigenvalue weighted by molar-refractivity contribution is 0.173. The molecule has 92 valence electrons. The number of fused-ring (bicyclic) bond motifs is 1. The van der Waals surface area contributed by atoms with Gasteiger partial charge in [-0.15, -0.1) is 0 Å². The van der Waals surface area contributed by atoms with E-state index in [1.807, 2.05) is 13.0 Å². The number of hydrogen-bond acceptors (Lipinski definition) is 4. The Labute approximate surface area is 108 Å². The van der Waals surface area contributed by atoms with Gasteiger partial charge in [0.25, 0.3) is 0 Å². The number of halogens is 1. The molecule has 3 rings (SSSR count). The van der Waals surface area contributed by atoms with E-state index in [2.05, 4.69) is 15.9 Å². The van der Waals surface area contributed by atoms with Gasteiger partial charge in [0.05, 0.1) is 0 Å². The first-order valence-electron chi connectivity index (χ1n) is 5.63. The Morgan fingerprint density at radius 3 is 2.76 bits per heavy atom. The number of ether oxygens (including phenoxy) is 2. The summed E-state index contributed by atoms with van der Waals surface area (Å²) in [5.41, 5.74) is 6.79. The number of hydrogen-bond donors (Lipinski definition) is 2. The fraction of sp³-hybridized carbons (Fsp3) is 0.500. The van der Waals surface area contributed by atoms with Crippen LogP contribution in [0.5, 0.6) is 17.2 Å². The van der Waals surface area contributed by atoms with Crippen molar-refractivity contribution in [1.29, 1.82) is 0 Å². The second-order valence-electron chi connectivity index (χ2n) is 4.77. The van der Waals surface area contributed by atoms with E-state index in [0.717, 1.165) is 18.4 Å². The zero-order chi connectivity index (χ0) is 12.2. The Balaban J connectivity index is 2.16. The summed E-state index contributed by atoms with van der Waals surface area (Å²) in [6, 6.07) is 1.87. The molecule has 1 unspecified atom stereocenters. The van der Waals surface area contributed by atoms with E-state index in [4.69, 9.17) is 15.2 Å². The molecule has 0 amide bonds. The SMILES string of the molecule is CC(N)C1(c2cc3c(c(Br)c2O)OCO3)CC1. The number of benzene rings is 1. The van der Waals surface area contributed by atoms with Crippen LogP contribution in [0.2, 0.25) is 0 Å². The van der Waals surface area contributed by atoms with Crippen LogP contribution >= 0.6 is 15.9 Å². The Morgan fingerprint density at radius 2 is 2.18 bits per heavy atom. The molecule has 17 heavy (non-hydrogen) atoms. The predicted octanol–water partition coefficient (Wildman–Crippen LogP) is 2.26. The first-order chi connectivity index (χ1) is 8.06. The van der Waals surface area contributed by atoms with Gasteiger partial charge in [-0.25, -0.2) is 0 Å². The molecule has 1 heterocycles. The van der Waals surface area contributed by atoms with Gasteiger partial charge in [-0.05, 0) is 41.8 Å². The van der Waals surface area contributed by atoms with Crippen molar-refractivity contribution < 1.29 is 14.6 Å². The highest BCUT2D eigenvalue weighted by Crippen LogP contribution is 2.57. The van der Waals surface area contributed by atoms with Crippen molar-refractivity contribution in [1.82, 2.24) is 0 Å². The van der Waals surface area contributed by atoms with Crippen LogP contribution in [0, 0.1) is 0 Å². The van der Waals surface area contributed by atoms with Gasteiger partial charge in [0.2, 0.25) is 6.79 Å². The summed E-state index contributed by atoms with van der Waals surface area (Å²) in [5.74, 6) is 1.48. The highest BCUT2D eigenvalue weighted by molar-refractivity contribution is 9.10. The maximum Gasteiger partial charge on any atom is 0.231 e. The van der Waals surface area contributed by atoms with E-state index < -0.39 is 0 Å². The van der Waals surface area contributed by atoms with Crippen LogP contribution in [0.4, 0.5) is 0 Å². The van der Waals surface area contributed by atoms with Crippen LogP contribution in [0.1, 0.15) is 25.3 Å². The fourth-order valence-electron chi connectivity index (χ4n) is 2.48. The van der Waals surface area contributed by atoms with E-state index in [1.54, 1.807) is 0 Å². The van der Waals surface area contributed by atoms with Crippen molar-refractivity contribution >= 4 is 15.9 Å². The van der Waals surface area contributed by atoms with E-state index in [9.17, 15) is 5.11 Å². The number of aromatic hydroxyl groups is 1. The van der Waals surface area contributed by atoms with Crippen LogP contribution in [0.15, 0.2) is 10.5 Å². The highest BCUT2D eigenvalue weighted by atomic mass is 79.9. The average Bonchev–Trinajstić information content (AvgIpc) is 2.97. The molecular weight excluding hydrogens is 286 g/mol. The minimum atomic E-state index is -0.104. The second-order valence-corrected chi connectivity index (χ2v) is 5.56. The minimum absolute atomic E-state index is 0.0145. The van der Waals surface area contributed by atoms with Gasteiger partial charge < -0.3 is 20.3 Å². The van der Waals surface area contributed by atoms with E-state index in [0.29, 0.717) is 16.0 Å². The monoisotopic (exact) mass is 299 g/mol. The fourth-order valence-corrected chi connectivity index (χ4v) is 3.00. The number of phenols is 1. The molecule has 3 N–H and O–H groups in total. The Kier molecular flexibility index (Phi) is 2.32. The highest BCUT2D eigenvalue weighted by Gasteiger charge is 2.50. The summed E-state index contributed by atoms with van der Waals surface area (Å²) in [6.45, 7) is 2.17. The standard InChI is InChI=1S/C12H14BrNO3/c1-6(14)12(2-3-12)7-4-8-11(17-5-16-8)9(13)10(7)15/h4,6,15H,2-3,5,14H2,1H3. The molecule has 1 aliphatic heterocycles. The smallest absolute Gasteiger partial charge is 0.231 e. The van der Waals surface area contributed by atoms with Crippen LogP contribution in [0.25, 0.3) is 0 Å². The lowest BCUT2D eigenvalue weighted by Gasteiger charge is -2.22. The summed E-state index contributed by atoms with van der Waals surface area (Å²) in [5, 5.41) is 10.2. The summed E-state index contributed by atoms with van der Waals surface area (Å²) in [6.07, 6.45) is 2.01. The van der Waals surface area contributed by atoms with Crippen LogP contribution < -0.4 is 15.2 Å². The summed E-state index contributed by atoms with van der Waals surface area (Å²) < 4.78 is 11.2. The Bertz CT molecular complexity index is 483. The molecule has 1 fully saturated rings. The molecule has 0 bridgehead atoms. The van der Waals surface area contributed by atoms with Gasteiger partial charge >= 0.3 is 0 Å². The topological polar surface area (TPSA) is 64.7 Å². The second kappa shape index (κ2) is 3.53. The maximum absolute atomic E-state index is 10.2. The molecule has 1 atom stereocenters. The quantitative estimate of drug-likeness (QED) is 0.879. The molecule has 0 aromatic heterocycles. The minimum Gasteiger partial charge on any atom is -0.506 e. The summed E-state index contributed by atoms with van der Waals surface area (Å²) in [7, 11) is 0. The molecular formula is C12H14BrNO3. The van der Waals surface area contributed by atoms with Crippen molar-refractivity contribution in [3.8, 4) is 17.2 Å². The first kappa shape index (κ1) is 11.2. The summed E-state index contributed by atoms with van der Waals surface area (Å²) in [4.78, 5) is 0. The van der Waals surface area contributed by atoms with Gasteiger partial charge in [0.1, 0.15) is 10.2 Å². The van der Waals surface area contributed by atoms with Crippen LogP contribution in [0.3, 0.4) is 0 Å². The van der Waals surface area contributed by atoms with Crippen molar-refractivity contribution in [3.63, 3.8) is 0 Å². The van der Waals surface area contributed by atoms with Gasteiger partial charge in [-0.2, -0.15) is 0 Å². The lowest BCUT2D eigenvalue weighted by atomic mass is 9.88. The van der Waals surface area contributed by atoms with Gasteiger partial charge in [0.15, 0.2) is 11.5 Å². The molecule has 1 aromatic carbocycles. The number of nitrogens with two attached hydrogens (primary N) is 1. The zero-order valence-electron chi connectivity index (χ0n) is 9.50. The third-order valence-corrected chi connectivity index (χ3v) is 4.51. The molecule has 0 saturated heterocycles. The molecule has 2 aliphatic rings. The van der Waals surface area contributed by atoms with E-state index in [-0.39, 0.29) is 24.0 Å². The normalized spacial score (nSPS) is 21.4. The Hall–Kier alpha value is -0.940. The van der Waals surface area contributed by atoms with Gasteiger partial charge in [-0.1, -0.05) is 0 Å². The number of phenolic OH excluding ortho intramolecular Hbond substituents is 1. The molecule has 0 spiro atoms. The average molecular weight is 300 g/mol. The molecule has 1 saturated carbocycles. The molecule has 0 radical (unpaired) electrons. The summed E-state index contributed by atoms with van der Waals surface area (Å²) >= 11 is 3.36. The van der Waals surface area contributed by atoms with Crippen LogP contribution in [-0.4, -0.2) is 17.9 Å². The third-order valence-electron chi connectivity index (χ3n) is 3.78.